The van der Waals surface area contributed by atoms with E-state index < -0.39 is 13.2 Å². The van der Waals surface area contributed by atoms with E-state index in [0.717, 1.165) is 37.0 Å². The van der Waals surface area contributed by atoms with Gasteiger partial charge in [-0.1, -0.05) is 34.6 Å². The summed E-state index contributed by atoms with van der Waals surface area (Å²) in [4.78, 5) is 0. The first-order valence-electron chi connectivity index (χ1n) is 12.6. The molecule has 12 heteroatoms. The van der Waals surface area contributed by atoms with Crippen LogP contribution in [0.4, 0.5) is 17.6 Å². The monoisotopic (exact) mass is 580 g/mol. The highest BCUT2D eigenvalue weighted by atomic mass is 35.5. The number of aliphatic hydroxyl groups excluding tert-OH is 1. The summed E-state index contributed by atoms with van der Waals surface area (Å²) in [5.74, 6) is 2.37. The average Bonchev–Trinajstić information content (AvgIpc) is 3.88. The minimum atomic E-state index is -2.91. The number of rotatable bonds is 10. The van der Waals surface area contributed by atoms with E-state index in [1.54, 1.807) is 36.4 Å². The standard InChI is InChI=1S/C14H12ClF2NO2.C14H13F2NO3/c15-7-10-12(18-20-13(10)8-5-6-8)9-3-1-2-4-11(9)19-14(16)17;15-14(16)19-11-4-2-1-3-9(11)12-10(7-18)13(20-17-12)8-5-6-8/h1-4,8,14H,5-7H2;1-4,8,14,18H,5-7H2. The first-order valence-corrected chi connectivity index (χ1v) is 13.2. The summed E-state index contributed by atoms with van der Waals surface area (Å²) in [7, 11) is 0. The van der Waals surface area contributed by atoms with Crippen LogP contribution in [0, 0.1) is 0 Å². The van der Waals surface area contributed by atoms with Crippen LogP contribution in [0.5, 0.6) is 11.5 Å². The summed E-state index contributed by atoms with van der Waals surface area (Å²) < 4.78 is 69.4. The first kappa shape index (κ1) is 28.0. The van der Waals surface area contributed by atoms with Crippen molar-refractivity contribution in [1.29, 1.82) is 0 Å². The lowest BCUT2D eigenvalue weighted by Gasteiger charge is -2.09. The summed E-state index contributed by atoms with van der Waals surface area (Å²) in [5, 5.41) is 17.4. The van der Waals surface area contributed by atoms with Crippen molar-refractivity contribution in [3.05, 3.63) is 71.2 Å². The molecule has 2 saturated carbocycles. The quantitative estimate of drug-likeness (QED) is 0.151. The number of para-hydroxylation sites is 2. The Balaban J connectivity index is 0.000000161. The van der Waals surface area contributed by atoms with Gasteiger partial charge in [0.25, 0.3) is 0 Å². The zero-order valence-corrected chi connectivity index (χ0v) is 21.8. The molecule has 0 spiro atoms. The summed E-state index contributed by atoms with van der Waals surface area (Å²) in [6.45, 7) is -6.04. The number of hydrogen-bond donors (Lipinski definition) is 1. The van der Waals surface area contributed by atoms with Crippen molar-refractivity contribution in [1.82, 2.24) is 10.3 Å². The lowest BCUT2D eigenvalue weighted by atomic mass is 10.0. The molecule has 6 rings (SSSR count). The first-order chi connectivity index (χ1) is 19.4. The van der Waals surface area contributed by atoms with Gasteiger partial charge in [0.15, 0.2) is 0 Å². The van der Waals surface area contributed by atoms with Crippen molar-refractivity contribution < 1.29 is 41.2 Å². The predicted molar refractivity (Wildman–Crippen MR) is 137 cm³/mol. The summed E-state index contributed by atoms with van der Waals surface area (Å²) >= 11 is 5.97. The van der Waals surface area contributed by atoms with E-state index in [9.17, 15) is 22.7 Å². The molecule has 212 valence electrons. The number of nitrogens with zero attached hydrogens (tertiary/aromatic N) is 2. The Hall–Kier alpha value is -3.57. The molecule has 0 radical (unpaired) electrons. The second-order valence-electron chi connectivity index (χ2n) is 9.34. The van der Waals surface area contributed by atoms with Crippen molar-refractivity contribution >= 4 is 11.6 Å². The SMILES string of the molecule is FC(F)Oc1ccccc1-c1noc(C2CC2)c1CCl.OCc1c(-c2ccccc2OC(F)F)noc1C1CC1. The van der Waals surface area contributed by atoms with Gasteiger partial charge in [0.05, 0.1) is 12.5 Å². The molecular weight excluding hydrogens is 556 g/mol. The number of benzene rings is 2. The highest BCUT2D eigenvalue weighted by molar-refractivity contribution is 6.17. The van der Waals surface area contributed by atoms with Crippen molar-refractivity contribution in [2.45, 2.75) is 63.2 Å². The molecule has 7 nitrogen and oxygen atoms in total. The fourth-order valence-electron chi connectivity index (χ4n) is 4.40. The summed E-state index contributed by atoms with van der Waals surface area (Å²) in [5.41, 5.74) is 3.03. The van der Waals surface area contributed by atoms with E-state index in [2.05, 4.69) is 19.8 Å². The summed E-state index contributed by atoms with van der Waals surface area (Å²) in [6.07, 6.45) is 4.09. The number of alkyl halides is 5. The molecule has 0 unspecified atom stereocenters. The van der Waals surface area contributed by atoms with Gasteiger partial charge in [0, 0.05) is 34.1 Å². The molecular formula is C28H25ClF4N2O5. The third kappa shape index (κ3) is 6.26. The molecule has 40 heavy (non-hydrogen) atoms. The Morgan fingerprint density at radius 2 is 1.18 bits per heavy atom. The normalized spacial score (nSPS) is 14.8. The predicted octanol–water partition coefficient (Wildman–Crippen LogP) is 7.87. The van der Waals surface area contributed by atoms with Crippen LogP contribution in [0.2, 0.25) is 0 Å². The van der Waals surface area contributed by atoms with Crippen molar-refractivity contribution in [2.24, 2.45) is 0 Å². The number of halogens is 5. The van der Waals surface area contributed by atoms with Crippen molar-refractivity contribution in [3.63, 3.8) is 0 Å². The highest BCUT2D eigenvalue weighted by Gasteiger charge is 2.34. The smallest absolute Gasteiger partial charge is 0.387 e. The maximum absolute atomic E-state index is 12.4. The van der Waals surface area contributed by atoms with Gasteiger partial charge < -0.3 is 23.6 Å². The zero-order chi connectivity index (χ0) is 28.2. The van der Waals surface area contributed by atoms with E-state index in [-0.39, 0.29) is 29.9 Å². The van der Waals surface area contributed by atoms with Crippen LogP contribution in [0.25, 0.3) is 22.5 Å². The van der Waals surface area contributed by atoms with Crippen LogP contribution >= 0.6 is 11.6 Å². The number of aliphatic hydroxyl groups is 1. The number of hydrogen-bond acceptors (Lipinski definition) is 7. The van der Waals surface area contributed by atoms with Gasteiger partial charge in [-0.3, -0.25) is 0 Å². The van der Waals surface area contributed by atoms with Crippen LogP contribution in [0.15, 0.2) is 57.6 Å². The third-order valence-corrected chi connectivity index (χ3v) is 6.81. The third-order valence-electron chi connectivity index (χ3n) is 6.54. The fraction of sp³-hybridized carbons (Fsp3) is 0.357. The second-order valence-corrected chi connectivity index (χ2v) is 9.60. The van der Waals surface area contributed by atoms with E-state index in [0.29, 0.717) is 39.8 Å². The maximum Gasteiger partial charge on any atom is 0.387 e. The van der Waals surface area contributed by atoms with E-state index >= 15 is 0 Å². The molecule has 2 aromatic heterocycles. The number of ether oxygens (including phenoxy) is 2. The van der Waals surface area contributed by atoms with Crippen LogP contribution in [-0.2, 0) is 12.5 Å². The van der Waals surface area contributed by atoms with Crippen LogP contribution < -0.4 is 9.47 Å². The molecule has 2 aliphatic carbocycles. The van der Waals surface area contributed by atoms with Gasteiger partial charge in [-0.25, -0.2) is 0 Å². The molecule has 0 atom stereocenters. The Labute approximate surface area is 231 Å². The van der Waals surface area contributed by atoms with E-state index in [1.165, 1.54) is 12.1 Å². The van der Waals surface area contributed by atoms with Gasteiger partial charge in [-0.15, -0.1) is 11.6 Å². The minimum Gasteiger partial charge on any atom is -0.434 e. The molecule has 2 aromatic carbocycles. The fourth-order valence-corrected chi connectivity index (χ4v) is 4.66. The average molecular weight is 581 g/mol. The molecule has 2 aliphatic rings. The molecule has 0 saturated heterocycles. The number of aromatic nitrogens is 2. The van der Waals surface area contributed by atoms with Gasteiger partial charge in [0.2, 0.25) is 0 Å². The van der Waals surface area contributed by atoms with Crippen molar-refractivity contribution in [3.8, 4) is 34.0 Å². The molecule has 2 fully saturated rings. The Bertz CT molecular complexity index is 1330. The Kier molecular flexibility index (Phi) is 8.60. The van der Waals surface area contributed by atoms with Crippen LogP contribution in [0.3, 0.4) is 0 Å². The van der Waals surface area contributed by atoms with Crippen molar-refractivity contribution in [2.75, 3.05) is 0 Å². The van der Waals surface area contributed by atoms with E-state index in [1.807, 2.05) is 0 Å². The Morgan fingerprint density at radius 3 is 1.57 bits per heavy atom. The maximum atomic E-state index is 12.4. The Morgan fingerprint density at radius 1 is 0.750 bits per heavy atom. The largest absolute Gasteiger partial charge is 0.434 e. The summed E-state index contributed by atoms with van der Waals surface area (Å²) in [6, 6.07) is 12.9. The lowest BCUT2D eigenvalue weighted by molar-refractivity contribution is -0.0501. The van der Waals surface area contributed by atoms with E-state index in [4.69, 9.17) is 20.6 Å². The zero-order valence-electron chi connectivity index (χ0n) is 21.0. The van der Waals surface area contributed by atoms with Crippen LogP contribution in [0.1, 0.15) is 60.2 Å². The highest BCUT2D eigenvalue weighted by Crippen LogP contribution is 2.46. The molecule has 0 aliphatic heterocycles. The molecule has 1 N–H and O–H groups in total. The lowest BCUT2D eigenvalue weighted by Crippen LogP contribution is -2.03. The molecule has 0 bridgehead atoms. The topological polar surface area (TPSA) is 90.8 Å². The molecule has 0 amide bonds. The molecule has 2 heterocycles. The second kappa shape index (κ2) is 12.3. The van der Waals surface area contributed by atoms with Gasteiger partial charge in [0.1, 0.15) is 34.4 Å². The van der Waals surface area contributed by atoms with Gasteiger partial charge in [-0.05, 0) is 49.9 Å². The van der Waals surface area contributed by atoms with Crippen LogP contribution in [-0.4, -0.2) is 28.6 Å². The van der Waals surface area contributed by atoms with Gasteiger partial charge in [-0.2, -0.15) is 17.6 Å². The van der Waals surface area contributed by atoms with Gasteiger partial charge >= 0.3 is 13.2 Å². The molecule has 4 aromatic rings. The minimum absolute atomic E-state index is 0.0212.